The molecule has 0 saturated carbocycles. The van der Waals surface area contributed by atoms with Crippen LogP contribution in [0.3, 0.4) is 0 Å². The van der Waals surface area contributed by atoms with Crippen LogP contribution in [0.25, 0.3) is 10.9 Å². The lowest BCUT2D eigenvalue weighted by molar-refractivity contribution is -0.148. The van der Waals surface area contributed by atoms with Crippen molar-refractivity contribution in [1.82, 2.24) is 4.98 Å². The number of rotatable bonds is 21. The molecule has 0 spiro atoms. The van der Waals surface area contributed by atoms with Gasteiger partial charge in [-0.1, -0.05) is 112 Å². The van der Waals surface area contributed by atoms with E-state index in [9.17, 15) is 19.2 Å². The van der Waals surface area contributed by atoms with E-state index in [1.807, 2.05) is 78.9 Å². The van der Waals surface area contributed by atoms with E-state index < -0.39 is 35.7 Å². The number of aromatic nitrogens is 1. The van der Waals surface area contributed by atoms with Gasteiger partial charge in [0.05, 0.1) is 12.0 Å². The summed E-state index contributed by atoms with van der Waals surface area (Å²) in [6.45, 7) is 2.28. The summed E-state index contributed by atoms with van der Waals surface area (Å²) in [7, 11) is 0. The zero-order valence-electron chi connectivity index (χ0n) is 29.8. The van der Waals surface area contributed by atoms with Crippen molar-refractivity contribution in [2.24, 2.45) is 0 Å². The van der Waals surface area contributed by atoms with E-state index in [-0.39, 0.29) is 31.4 Å². The molecule has 5 rings (SSSR count). The van der Waals surface area contributed by atoms with Crippen molar-refractivity contribution >= 4 is 34.4 Å². The molecule has 2 unspecified atom stereocenters. The summed E-state index contributed by atoms with van der Waals surface area (Å²) in [6.07, 6.45) is 6.40. The number of ketones is 2. The molecule has 0 bridgehead atoms. The number of esters is 2. The van der Waals surface area contributed by atoms with E-state index in [0.717, 1.165) is 46.9 Å². The molecule has 0 aliphatic rings. The quantitative estimate of drug-likeness (QED) is 0.0462. The third kappa shape index (κ3) is 11.5. The van der Waals surface area contributed by atoms with Crippen LogP contribution in [0.4, 0.5) is 0 Å². The fraction of sp³-hybridized carbons (Fsp3) is 0.318. The molecule has 52 heavy (non-hydrogen) atoms. The van der Waals surface area contributed by atoms with Crippen molar-refractivity contribution in [3.8, 4) is 5.75 Å². The first-order valence-corrected chi connectivity index (χ1v) is 18.2. The second-order valence-corrected chi connectivity index (χ2v) is 13.0. The Morgan fingerprint density at radius 3 is 2.12 bits per heavy atom. The number of fused-ring (bicyclic) bond motifs is 1. The van der Waals surface area contributed by atoms with Gasteiger partial charge in [-0.2, -0.15) is 0 Å². The number of hydrogen-bond acceptors (Lipinski definition) is 7. The molecule has 1 N–H and O–H groups in total. The molecule has 270 valence electrons. The largest absolute Gasteiger partial charge is 0.475 e. The number of aromatic amines is 1. The molecule has 1 aromatic heterocycles. The van der Waals surface area contributed by atoms with Crippen LogP contribution in [-0.2, 0) is 43.3 Å². The first-order chi connectivity index (χ1) is 25.4. The van der Waals surface area contributed by atoms with E-state index in [1.54, 1.807) is 36.5 Å². The summed E-state index contributed by atoms with van der Waals surface area (Å²) >= 11 is 0. The van der Waals surface area contributed by atoms with E-state index in [2.05, 4.69) is 11.9 Å². The van der Waals surface area contributed by atoms with Crippen LogP contribution in [0.5, 0.6) is 5.75 Å². The van der Waals surface area contributed by atoms with Gasteiger partial charge in [-0.3, -0.25) is 14.4 Å². The van der Waals surface area contributed by atoms with Crippen molar-refractivity contribution in [2.45, 2.75) is 89.9 Å². The summed E-state index contributed by atoms with van der Waals surface area (Å²) in [5, 5.41) is 0.816. The SMILES string of the molecule is CCCCCCCCc1ccc(OC(C(=O)CCC(=O)OCc2ccccc2)C(=O)C(Cc2ccccc2)OC(=O)c2ccc3[nH]ccc3c2)cc1. The first-order valence-electron chi connectivity index (χ1n) is 18.2. The number of H-pyrrole nitrogens is 1. The molecule has 1 heterocycles. The normalized spacial score (nSPS) is 12.2. The highest BCUT2D eigenvalue weighted by atomic mass is 16.6. The van der Waals surface area contributed by atoms with Crippen LogP contribution < -0.4 is 4.74 Å². The predicted octanol–water partition coefficient (Wildman–Crippen LogP) is 8.95. The van der Waals surface area contributed by atoms with E-state index in [1.165, 1.54) is 25.7 Å². The number of hydrogen-bond donors (Lipinski definition) is 1. The van der Waals surface area contributed by atoms with Crippen LogP contribution in [0.2, 0.25) is 0 Å². The van der Waals surface area contributed by atoms with Gasteiger partial charge in [0.1, 0.15) is 12.4 Å². The Labute approximate surface area is 305 Å². The highest BCUT2D eigenvalue weighted by Gasteiger charge is 2.37. The van der Waals surface area contributed by atoms with Gasteiger partial charge < -0.3 is 19.2 Å². The molecule has 8 heteroatoms. The molecule has 0 aliphatic heterocycles. The molecule has 0 aliphatic carbocycles. The molecule has 5 aromatic rings. The second kappa shape index (κ2) is 19.8. The highest BCUT2D eigenvalue weighted by Crippen LogP contribution is 2.22. The van der Waals surface area contributed by atoms with Gasteiger partial charge in [0, 0.05) is 29.9 Å². The summed E-state index contributed by atoms with van der Waals surface area (Å²) < 4.78 is 17.4. The minimum atomic E-state index is -1.62. The van der Waals surface area contributed by atoms with Crippen LogP contribution in [0.15, 0.2) is 115 Å². The van der Waals surface area contributed by atoms with Gasteiger partial charge in [-0.05, 0) is 65.9 Å². The van der Waals surface area contributed by atoms with E-state index in [4.69, 9.17) is 14.2 Å². The summed E-state index contributed by atoms with van der Waals surface area (Å²) in [5.41, 5.74) is 3.81. The highest BCUT2D eigenvalue weighted by molar-refractivity contribution is 6.09. The minimum Gasteiger partial charge on any atom is -0.475 e. The van der Waals surface area contributed by atoms with Crippen molar-refractivity contribution < 1.29 is 33.4 Å². The number of carbonyl (C=O) groups excluding carboxylic acids is 4. The number of aryl methyl sites for hydroxylation is 1. The van der Waals surface area contributed by atoms with Gasteiger partial charge in [0.15, 0.2) is 11.9 Å². The molecular weight excluding hydrogens is 654 g/mol. The standard InChI is InChI=1S/C44H47NO7/c1-2-3-4-5-6-9-14-32-19-22-37(23-20-32)51-43(39(46)25-26-41(47)50-31-34-17-12-8-13-18-34)42(48)40(29-33-15-10-7-11-16-33)52-44(49)36-21-24-38-35(30-36)27-28-45-38/h7-8,10-13,15-24,27-28,30,40,43,45H,2-6,9,14,25-26,29,31H2,1H3. The third-order valence-corrected chi connectivity index (χ3v) is 8.98. The zero-order chi connectivity index (χ0) is 36.5. The second-order valence-electron chi connectivity index (χ2n) is 13.0. The maximum Gasteiger partial charge on any atom is 0.338 e. The number of Topliss-reactive ketones (excluding diaryl/α,β-unsaturated/α-hetero) is 2. The molecule has 4 aromatic carbocycles. The Bertz CT molecular complexity index is 1880. The van der Waals surface area contributed by atoms with Crippen molar-refractivity contribution in [1.29, 1.82) is 0 Å². The smallest absolute Gasteiger partial charge is 0.338 e. The lowest BCUT2D eigenvalue weighted by Crippen LogP contribution is -2.45. The number of carbonyl (C=O) groups is 4. The van der Waals surface area contributed by atoms with Gasteiger partial charge in [0.25, 0.3) is 0 Å². The number of nitrogens with one attached hydrogen (secondary N) is 1. The fourth-order valence-electron chi connectivity index (χ4n) is 6.00. The molecule has 8 nitrogen and oxygen atoms in total. The van der Waals surface area contributed by atoms with Gasteiger partial charge in [-0.15, -0.1) is 0 Å². The lowest BCUT2D eigenvalue weighted by atomic mass is 9.97. The topological polar surface area (TPSA) is 112 Å². The molecule has 0 fully saturated rings. The summed E-state index contributed by atoms with van der Waals surface area (Å²) in [5.74, 6) is -2.27. The number of ether oxygens (including phenoxy) is 3. The zero-order valence-corrected chi connectivity index (χ0v) is 29.8. The van der Waals surface area contributed by atoms with Crippen LogP contribution in [-0.4, -0.2) is 40.7 Å². The monoisotopic (exact) mass is 701 g/mol. The molecular formula is C44H47NO7. The van der Waals surface area contributed by atoms with E-state index in [0.29, 0.717) is 5.75 Å². The molecule has 0 amide bonds. The van der Waals surface area contributed by atoms with Crippen LogP contribution in [0.1, 0.15) is 85.3 Å². The van der Waals surface area contributed by atoms with Gasteiger partial charge in [0.2, 0.25) is 11.9 Å². The van der Waals surface area contributed by atoms with Gasteiger partial charge in [-0.25, -0.2) is 4.79 Å². The Morgan fingerprint density at radius 1 is 0.692 bits per heavy atom. The minimum absolute atomic E-state index is 0.0290. The van der Waals surface area contributed by atoms with E-state index >= 15 is 0 Å². The van der Waals surface area contributed by atoms with Crippen molar-refractivity contribution in [3.05, 3.63) is 138 Å². The van der Waals surface area contributed by atoms with Crippen molar-refractivity contribution in [2.75, 3.05) is 0 Å². The summed E-state index contributed by atoms with van der Waals surface area (Å²) in [6, 6.07) is 32.7. The maximum atomic E-state index is 14.4. The van der Waals surface area contributed by atoms with Crippen molar-refractivity contribution in [3.63, 3.8) is 0 Å². The van der Waals surface area contributed by atoms with Crippen LogP contribution >= 0.6 is 0 Å². The average Bonchev–Trinajstić information content (AvgIpc) is 3.66. The maximum absolute atomic E-state index is 14.4. The van der Waals surface area contributed by atoms with Gasteiger partial charge >= 0.3 is 11.9 Å². The Kier molecular flexibility index (Phi) is 14.4. The number of benzene rings is 4. The predicted molar refractivity (Wildman–Crippen MR) is 201 cm³/mol. The first kappa shape index (κ1) is 37.7. The Balaban J connectivity index is 1.32. The average molecular weight is 702 g/mol. The summed E-state index contributed by atoms with van der Waals surface area (Å²) in [4.78, 5) is 57.4. The third-order valence-electron chi connectivity index (χ3n) is 8.98. The molecule has 2 atom stereocenters. The number of unbranched alkanes of at least 4 members (excludes halogenated alkanes) is 5. The van der Waals surface area contributed by atoms with Crippen LogP contribution in [0, 0.1) is 0 Å². The lowest BCUT2D eigenvalue weighted by Gasteiger charge is -2.23. The Hall–Kier alpha value is -5.50. The molecule has 0 radical (unpaired) electrons. The Morgan fingerprint density at radius 2 is 1.38 bits per heavy atom. The fourth-order valence-corrected chi connectivity index (χ4v) is 6.00. The molecule has 0 saturated heterocycles.